The summed E-state index contributed by atoms with van der Waals surface area (Å²) in [5, 5.41) is 5.19. The lowest BCUT2D eigenvalue weighted by Gasteiger charge is -2.29. The molecule has 4 amide bonds. The number of carbonyl (C=O) groups is 4. The fourth-order valence-electron chi connectivity index (χ4n) is 3.28. The van der Waals surface area contributed by atoms with E-state index in [-0.39, 0.29) is 30.1 Å². The second kappa shape index (κ2) is 9.65. The Kier molecular flexibility index (Phi) is 7.48. The SMILES string of the molecule is CC(=Nc1cccc(CNC(=O)CC(C)(C)C)c1C)N(C=O)C1CCC(=O)NC1=O. The van der Waals surface area contributed by atoms with Gasteiger partial charge in [-0.3, -0.25) is 29.4 Å². The molecule has 1 aromatic carbocycles. The molecule has 8 heteroatoms. The summed E-state index contributed by atoms with van der Waals surface area (Å²) >= 11 is 0. The minimum atomic E-state index is -0.760. The third kappa shape index (κ3) is 6.23. The molecule has 1 aromatic rings. The zero-order chi connectivity index (χ0) is 22.5. The van der Waals surface area contributed by atoms with Crippen molar-refractivity contribution in [2.75, 3.05) is 0 Å². The molecular weight excluding hydrogens is 384 g/mol. The number of benzene rings is 1. The van der Waals surface area contributed by atoms with E-state index < -0.39 is 11.9 Å². The molecule has 8 nitrogen and oxygen atoms in total. The van der Waals surface area contributed by atoms with E-state index in [1.807, 2.05) is 45.9 Å². The summed E-state index contributed by atoms with van der Waals surface area (Å²) < 4.78 is 0. The average Bonchev–Trinajstić information content (AvgIpc) is 2.63. The van der Waals surface area contributed by atoms with E-state index in [9.17, 15) is 19.2 Å². The van der Waals surface area contributed by atoms with Gasteiger partial charge in [0.15, 0.2) is 0 Å². The largest absolute Gasteiger partial charge is 0.352 e. The van der Waals surface area contributed by atoms with Crippen LogP contribution in [0.25, 0.3) is 0 Å². The summed E-state index contributed by atoms with van der Waals surface area (Å²) in [6.45, 7) is 9.96. The third-order valence-corrected chi connectivity index (χ3v) is 4.90. The molecule has 0 aliphatic carbocycles. The van der Waals surface area contributed by atoms with E-state index in [0.717, 1.165) is 11.1 Å². The van der Waals surface area contributed by atoms with Gasteiger partial charge in [-0.15, -0.1) is 0 Å². The first-order chi connectivity index (χ1) is 14.0. The van der Waals surface area contributed by atoms with Crippen molar-refractivity contribution in [3.63, 3.8) is 0 Å². The lowest BCUT2D eigenvalue weighted by Crippen LogP contribution is -2.53. The number of nitrogens with zero attached hydrogens (tertiary/aromatic N) is 2. The van der Waals surface area contributed by atoms with E-state index in [1.165, 1.54) is 4.90 Å². The van der Waals surface area contributed by atoms with Gasteiger partial charge in [0.05, 0.1) is 5.69 Å². The van der Waals surface area contributed by atoms with Gasteiger partial charge in [-0.05, 0) is 42.9 Å². The van der Waals surface area contributed by atoms with Crippen molar-refractivity contribution in [1.82, 2.24) is 15.5 Å². The maximum atomic E-state index is 12.1. The molecule has 2 N–H and O–H groups in total. The van der Waals surface area contributed by atoms with E-state index in [2.05, 4.69) is 15.6 Å². The van der Waals surface area contributed by atoms with Crippen molar-refractivity contribution in [3.8, 4) is 0 Å². The van der Waals surface area contributed by atoms with Crippen molar-refractivity contribution < 1.29 is 19.2 Å². The molecule has 1 aliphatic heterocycles. The van der Waals surface area contributed by atoms with Gasteiger partial charge in [-0.1, -0.05) is 32.9 Å². The summed E-state index contributed by atoms with van der Waals surface area (Å²) in [6.07, 6.45) is 1.43. The van der Waals surface area contributed by atoms with Crippen LogP contribution in [-0.2, 0) is 25.7 Å². The van der Waals surface area contributed by atoms with Gasteiger partial charge in [0, 0.05) is 19.4 Å². The van der Waals surface area contributed by atoms with Crippen LogP contribution in [-0.4, -0.2) is 40.9 Å². The number of amidine groups is 1. The molecule has 30 heavy (non-hydrogen) atoms. The first-order valence-corrected chi connectivity index (χ1v) is 9.99. The van der Waals surface area contributed by atoms with Gasteiger partial charge in [0.1, 0.15) is 11.9 Å². The molecule has 1 atom stereocenters. The minimum Gasteiger partial charge on any atom is -0.352 e. The highest BCUT2D eigenvalue weighted by molar-refractivity contribution is 6.04. The Hall–Kier alpha value is -3.03. The third-order valence-electron chi connectivity index (χ3n) is 4.90. The summed E-state index contributed by atoms with van der Waals surface area (Å²) in [5.74, 6) is -0.498. The second-order valence-corrected chi connectivity index (χ2v) is 8.71. The number of imide groups is 1. The first kappa shape index (κ1) is 23.3. The quantitative estimate of drug-likeness (QED) is 0.322. The molecule has 0 saturated carbocycles. The van der Waals surface area contributed by atoms with E-state index in [0.29, 0.717) is 30.9 Å². The number of hydrogen-bond acceptors (Lipinski definition) is 5. The molecule has 1 heterocycles. The summed E-state index contributed by atoms with van der Waals surface area (Å²) in [5.41, 5.74) is 2.36. The Morgan fingerprint density at radius 3 is 2.63 bits per heavy atom. The molecule has 1 fully saturated rings. The standard InChI is InChI=1S/C22H30N4O4/c1-14-16(12-23-20(29)11-22(3,4)5)7-6-8-17(14)24-15(2)26(13-27)18-9-10-19(28)25-21(18)30/h6-8,13,18H,9-12H2,1-5H3,(H,23,29)(H,25,28,30). The van der Waals surface area contributed by atoms with E-state index in [1.54, 1.807) is 6.92 Å². The lowest BCUT2D eigenvalue weighted by molar-refractivity contribution is -0.138. The fourth-order valence-corrected chi connectivity index (χ4v) is 3.28. The molecule has 0 radical (unpaired) electrons. The minimum absolute atomic E-state index is 0.0167. The van der Waals surface area contributed by atoms with E-state index >= 15 is 0 Å². The topological polar surface area (TPSA) is 108 Å². The van der Waals surface area contributed by atoms with Crippen LogP contribution in [0.2, 0.25) is 0 Å². The molecule has 0 bridgehead atoms. The Morgan fingerprint density at radius 2 is 2.03 bits per heavy atom. The summed E-state index contributed by atoms with van der Waals surface area (Å²) in [6, 6.07) is 4.80. The van der Waals surface area contributed by atoms with Crippen LogP contribution in [0.15, 0.2) is 23.2 Å². The molecule has 162 valence electrons. The molecule has 1 unspecified atom stereocenters. The summed E-state index contributed by atoms with van der Waals surface area (Å²) in [4.78, 5) is 53.0. The van der Waals surface area contributed by atoms with E-state index in [4.69, 9.17) is 0 Å². The van der Waals surface area contributed by atoms with Gasteiger partial charge < -0.3 is 5.32 Å². The van der Waals surface area contributed by atoms with Crippen molar-refractivity contribution in [1.29, 1.82) is 0 Å². The van der Waals surface area contributed by atoms with Crippen LogP contribution in [0.4, 0.5) is 5.69 Å². The Balaban J connectivity index is 2.16. The predicted octanol–water partition coefficient (Wildman–Crippen LogP) is 2.36. The lowest BCUT2D eigenvalue weighted by atomic mass is 9.92. The number of hydrogen-bond donors (Lipinski definition) is 2. The predicted molar refractivity (Wildman–Crippen MR) is 114 cm³/mol. The molecule has 0 aromatic heterocycles. The maximum Gasteiger partial charge on any atom is 0.249 e. The number of amides is 4. The van der Waals surface area contributed by atoms with Crippen molar-refractivity contribution >= 4 is 35.7 Å². The average molecular weight is 415 g/mol. The zero-order valence-electron chi connectivity index (χ0n) is 18.2. The van der Waals surface area contributed by atoms with Crippen LogP contribution in [0.5, 0.6) is 0 Å². The van der Waals surface area contributed by atoms with Crippen molar-refractivity contribution in [2.45, 2.75) is 66.5 Å². The second-order valence-electron chi connectivity index (χ2n) is 8.71. The maximum absolute atomic E-state index is 12.1. The molecule has 1 saturated heterocycles. The van der Waals surface area contributed by atoms with Crippen LogP contribution < -0.4 is 10.6 Å². The van der Waals surface area contributed by atoms with Crippen LogP contribution in [0.3, 0.4) is 0 Å². The monoisotopic (exact) mass is 414 g/mol. The highest BCUT2D eigenvalue weighted by Gasteiger charge is 2.32. The molecule has 2 rings (SSSR count). The van der Waals surface area contributed by atoms with Crippen LogP contribution in [0, 0.1) is 12.3 Å². The van der Waals surface area contributed by atoms with Crippen LogP contribution >= 0.6 is 0 Å². The van der Waals surface area contributed by atoms with Gasteiger partial charge >= 0.3 is 0 Å². The number of piperidine rings is 1. The Morgan fingerprint density at radius 1 is 1.33 bits per heavy atom. The molecule has 0 spiro atoms. The normalized spacial score (nSPS) is 17.4. The zero-order valence-corrected chi connectivity index (χ0v) is 18.2. The number of aliphatic imine (C=N–C) groups is 1. The molecule has 1 aliphatic rings. The van der Waals surface area contributed by atoms with Gasteiger partial charge in [0.2, 0.25) is 24.1 Å². The van der Waals surface area contributed by atoms with Gasteiger partial charge in [-0.2, -0.15) is 0 Å². The van der Waals surface area contributed by atoms with Gasteiger partial charge in [0.25, 0.3) is 0 Å². The van der Waals surface area contributed by atoms with Gasteiger partial charge in [-0.25, -0.2) is 4.99 Å². The highest BCUT2D eigenvalue weighted by atomic mass is 16.2. The Bertz CT molecular complexity index is 870. The summed E-state index contributed by atoms with van der Waals surface area (Å²) in [7, 11) is 0. The highest BCUT2D eigenvalue weighted by Crippen LogP contribution is 2.24. The first-order valence-electron chi connectivity index (χ1n) is 9.99. The van der Waals surface area contributed by atoms with Crippen LogP contribution in [0.1, 0.15) is 58.1 Å². The molecular formula is C22H30N4O4. The van der Waals surface area contributed by atoms with Crippen molar-refractivity contribution in [3.05, 3.63) is 29.3 Å². The number of carbonyl (C=O) groups excluding carboxylic acids is 4. The smallest absolute Gasteiger partial charge is 0.249 e. The Labute approximate surface area is 177 Å². The van der Waals surface area contributed by atoms with Crippen molar-refractivity contribution in [2.24, 2.45) is 10.4 Å². The number of rotatable bonds is 6. The fraction of sp³-hybridized carbons (Fsp3) is 0.500. The number of nitrogens with one attached hydrogen (secondary N) is 2.